The topological polar surface area (TPSA) is 59.5 Å². The minimum Gasteiger partial charge on any atom is -0.473 e. The number of hydrogen-bond acceptors (Lipinski definition) is 4. The van der Waals surface area contributed by atoms with Gasteiger partial charge in [0.1, 0.15) is 6.10 Å². The first-order chi connectivity index (χ1) is 13.1. The molecular formula is C21H20N2O3S. The molecule has 138 valence electrons. The van der Waals surface area contributed by atoms with Crippen LogP contribution in [0, 0.1) is 0 Å². The third-order valence-corrected chi connectivity index (χ3v) is 6.51. The number of sulfonamides is 1. The first kappa shape index (κ1) is 17.7. The van der Waals surface area contributed by atoms with E-state index in [4.69, 9.17) is 4.74 Å². The van der Waals surface area contributed by atoms with Crippen LogP contribution in [0.4, 0.5) is 0 Å². The van der Waals surface area contributed by atoms with Gasteiger partial charge in [0.25, 0.3) is 0 Å². The second-order valence-corrected chi connectivity index (χ2v) is 8.39. The maximum absolute atomic E-state index is 12.9. The predicted octanol–water partition coefficient (Wildman–Crippen LogP) is 3.59. The molecule has 1 saturated heterocycles. The second kappa shape index (κ2) is 7.50. The lowest BCUT2D eigenvalue weighted by Crippen LogP contribution is -2.31. The number of aromatic nitrogens is 1. The SMILES string of the molecule is O=S(=O)(c1ccc(-c2ccccc2)cc1)N1CCC(Oc2ccccn2)C1. The monoisotopic (exact) mass is 380 g/mol. The molecule has 1 unspecified atom stereocenters. The molecule has 1 atom stereocenters. The van der Waals surface area contributed by atoms with Gasteiger partial charge >= 0.3 is 0 Å². The standard InChI is InChI=1S/C21H20N2O3S/c24-27(25,20-11-9-18(10-12-20)17-6-2-1-3-7-17)23-15-13-19(16-23)26-21-8-4-5-14-22-21/h1-12,14,19H,13,15-16H2. The lowest BCUT2D eigenvalue weighted by Gasteiger charge is -2.17. The largest absolute Gasteiger partial charge is 0.473 e. The van der Waals surface area contributed by atoms with Crippen LogP contribution in [0.25, 0.3) is 11.1 Å². The number of rotatable bonds is 5. The van der Waals surface area contributed by atoms with E-state index in [9.17, 15) is 8.42 Å². The summed E-state index contributed by atoms with van der Waals surface area (Å²) in [6.45, 7) is 0.777. The van der Waals surface area contributed by atoms with E-state index in [1.54, 1.807) is 24.4 Å². The molecule has 3 aromatic rings. The number of benzene rings is 2. The van der Waals surface area contributed by atoms with Crippen molar-refractivity contribution < 1.29 is 13.2 Å². The van der Waals surface area contributed by atoms with Crippen molar-refractivity contribution in [1.82, 2.24) is 9.29 Å². The highest BCUT2D eigenvalue weighted by molar-refractivity contribution is 7.89. The van der Waals surface area contributed by atoms with Crippen molar-refractivity contribution >= 4 is 10.0 Å². The van der Waals surface area contributed by atoms with E-state index in [0.29, 0.717) is 30.3 Å². The summed E-state index contributed by atoms with van der Waals surface area (Å²) in [5.74, 6) is 0.522. The molecule has 0 saturated carbocycles. The number of pyridine rings is 1. The molecule has 2 heterocycles. The van der Waals surface area contributed by atoms with Gasteiger partial charge in [-0.3, -0.25) is 0 Å². The van der Waals surface area contributed by atoms with Gasteiger partial charge in [-0.25, -0.2) is 13.4 Å². The highest BCUT2D eigenvalue weighted by Crippen LogP contribution is 2.26. The predicted molar refractivity (Wildman–Crippen MR) is 104 cm³/mol. The van der Waals surface area contributed by atoms with Crippen LogP contribution >= 0.6 is 0 Å². The molecule has 6 heteroatoms. The fourth-order valence-electron chi connectivity index (χ4n) is 3.20. The first-order valence-electron chi connectivity index (χ1n) is 8.86. The summed E-state index contributed by atoms with van der Waals surface area (Å²) in [7, 11) is -3.53. The van der Waals surface area contributed by atoms with Gasteiger partial charge in [0.15, 0.2) is 0 Å². The molecule has 0 amide bonds. The Balaban J connectivity index is 1.47. The number of nitrogens with zero attached hydrogens (tertiary/aromatic N) is 2. The van der Waals surface area contributed by atoms with Gasteiger partial charge < -0.3 is 4.74 Å². The summed E-state index contributed by atoms with van der Waals surface area (Å²) in [5, 5.41) is 0. The van der Waals surface area contributed by atoms with E-state index in [-0.39, 0.29) is 6.10 Å². The quantitative estimate of drug-likeness (QED) is 0.679. The molecule has 27 heavy (non-hydrogen) atoms. The zero-order valence-corrected chi connectivity index (χ0v) is 15.5. The molecule has 4 rings (SSSR count). The molecule has 0 bridgehead atoms. The zero-order valence-electron chi connectivity index (χ0n) is 14.7. The number of ether oxygens (including phenoxy) is 1. The normalized spacial score (nSPS) is 17.7. The molecule has 1 aliphatic rings. The Bertz CT molecular complexity index is 991. The Labute approximate surface area is 159 Å². The van der Waals surface area contributed by atoms with Crippen LogP contribution in [0.1, 0.15) is 6.42 Å². The molecule has 0 aliphatic carbocycles. The van der Waals surface area contributed by atoms with Crippen LogP contribution in [-0.2, 0) is 10.0 Å². The lowest BCUT2D eigenvalue weighted by atomic mass is 10.1. The molecule has 0 N–H and O–H groups in total. The van der Waals surface area contributed by atoms with Gasteiger partial charge in [-0.15, -0.1) is 0 Å². The minimum absolute atomic E-state index is 0.182. The summed E-state index contributed by atoms with van der Waals surface area (Å²) < 4.78 is 33.2. The van der Waals surface area contributed by atoms with E-state index in [0.717, 1.165) is 11.1 Å². The third-order valence-electron chi connectivity index (χ3n) is 4.63. The van der Waals surface area contributed by atoms with Crippen LogP contribution in [0.3, 0.4) is 0 Å². The summed E-state index contributed by atoms with van der Waals surface area (Å²) in [6.07, 6.45) is 2.13. The van der Waals surface area contributed by atoms with Crippen LogP contribution in [0.15, 0.2) is 83.9 Å². The summed E-state index contributed by atoms with van der Waals surface area (Å²) in [4.78, 5) is 4.44. The van der Waals surface area contributed by atoms with Gasteiger partial charge in [-0.2, -0.15) is 4.31 Å². The Hall–Kier alpha value is -2.70. The van der Waals surface area contributed by atoms with Crippen molar-refractivity contribution in [3.63, 3.8) is 0 Å². The molecular weight excluding hydrogens is 360 g/mol. The third kappa shape index (κ3) is 3.86. The van der Waals surface area contributed by atoms with E-state index in [1.807, 2.05) is 54.6 Å². The van der Waals surface area contributed by atoms with E-state index in [1.165, 1.54) is 4.31 Å². The average Bonchev–Trinajstić information content (AvgIpc) is 3.19. The maximum atomic E-state index is 12.9. The van der Waals surface area contributed by atoms with Gasteiger partial charge in [-0.05, 0) is 35.7 Å². The summed E-state index contributed by atoms with van der Waals surface area (Å²) >= 11 is 0. The first-order valence-corrected chi connectivity index (χ1v) is 10.3. The molecule has 1 aromatic heterocycles. The van der Waals surface area contributed by atoms with Crippen molar-refractivity contribution in [1.29, 1.82) is 0 Å². The van der Waals surface area contributed by atoms with E-state index in [2.05, 4.69) is 4.98 Å². The molecule has 5 nitrogen and oxygen atoms in total. The minimum atomic E-state index is -3.53. The van der Waals surface area contributed by atoms with Gasteiger partial charge in [-0.1, -0.05) is 48.5 Å². The van der Waals surface area contributed by atoms with Gasteiger partial charge in [0, 0.05) is 18.8 Å². The van der Waals surface area contributed by atoms with Crippen LogP contribution in [0.2, 0.25) is 0 Å². The Morgan fingerprint density at radius 3 is 2.30 bits per heavy atom. The zero-order chi connectivity index (χ0) is 18.7. The second-order valence-electron chi connectivity index (χ2n) is 6.45. The molecule has 1 aliphatic heterocycles. The van der Waals surface area contributed by atoms with Crippen molar-refractivity contribution in [2.24, 2.45) is 0 Å². The van der Waals surface area contributed by atoms with Crippen molar-refractivity contribution in [3.8, 4) is 17.0 Å². The molecule has 1 fully saturated rings. The lowest BCUT2D eigenvalue weighted by molar-refractivity contribution is 0.207. The number of hydrogen-bond donors (Lipinski definition) is 0. The van der Waals surface area contributed by atoms with Crippen LogP contribution in [0.5, 0.6) is 5.88 Å². The smallest absolute Gasteiger partial charge is 0.243 e. The van der Waals surface area contributed by atoms with Gasteiger partial charge in [0.2, 0.25) is 15.9 Å². The Morgan fingerprint density at radius 1 is 0.889 bits per heavy atom. The van der Waals surface area contributed by atoms with E-state index >= 15 is 0 Å². The molecule has 2 aromatic carbocycles. The van der Waals surface area contributed by atoms with Crippen LogP contribution in [-0.4, -0.2) is 36.9 Å². The molecule has 0 radical (unpaired) electrons. The van der Waals surface area contributed by atoms with E-state index < -0.39 is 10.0 Å². The Morgan fingerprint density at radius 2 is 1.59 bits per heavy atom. The highest BCUT2D eigenvalue weighted by atomic mass is 32.2. The van der Waals surface area contributed by atoms with Crippen molar-refractivity contribution in [2.75, 3.05) is 13.1 Å². The maximum Gasteiger partial charge on any atom is 0.243 e. The van der Waals surface area contributed by atoms with Crippen LogP contribution < -0.4 is 4.74 Å². The fourth-order valence-corrected chi connectivity index (χ4v) is 4.69. The fraction of sp³-hybridized carbons (Fsp3) is 0.190. The molecule has 0 spiro atoms. The summed E-state index contributed by atoms with van der Waals surface area (Å²) in [6, 6.07) is 22.4. The average molecular weight is 380 g/mol. The van der Waals surface area contributed by atoms with Crippen molar-refractivity contribution in [2.45, 2.75) is 17.4 Å². The highest BCUT2D eigenvalue weighted by Gasteiger charge is 2.33. The Kier molecular flexibility index (Phi) is 4.92. The van der Waals surface area contributed by atoms with Gasteiger partial charge in [0.05, 0.1) is 11.4 Å². The van der Waals surface area contributed by atoms with Crippen molar-refractivity contribution in [3.05, 3.63) is 79.0 Å². The summed E-state index contributed by atoms with van der Waals surface area (Å²) in [5.41, 5.74) is 2.05.